The quantitative estimate of drug-likeness (QED) is 0.668. The largest absolute Gasteiger partial charge is 0.417 e. The van der Waals surface area contributed by atoms with E-state index in [1.54, 1.807) is 0 Å². The molecular formula is C18H12F4N4O2. The summed E-state index contributed by atoms with van der Waals surface area (Å²) in [6.07, 6.45) is -5.06. The summed E-state index contributed by atoms with van der Waals surface area (Å²) in [5.74, 6) is -1.43. The Hall–Kier alpha value is -3.45. The standard InChI is InChI=1S/C18H12F4N4O2/c19-11-2-4-15-14(5-11)24-9-26(15)8-16(27)17(28)25-12-3-1-10(7-23)13(6-12)18(20,21)22/h1-6,9,16,27H,8H2,(H,25,28)/t16-/m0/s1. The Labute approximate surface area is 155 Å². The molecule has 1 amide bonds. The lowest BCUT2D eigenvalue weighted by atomic mass is 10.1. The average Bonchev–Trinajstić information content (AvgIpc) is 3.02. The zero-order valence-corrected chi connectivity index (χ0v) is 14.0. The summed E-state index contributed by atoms with van der Waals surface area (Å²) in [7, 11) is 0. The minimum Gasteiger partial charge on any atom is -0.381 e. The Balaban J connectivity index is 1.76. The summed E-state index contributed by atoms with van der Waals surface area (Å²) < 4.78 is 53.6. The Bertz CT molecular complexity index is 1090. The molecule has 3 aromatic rings. The van der Waals surface area contributed by atoms with E-state index in [2.05, 4.69) is 10.3 Å². The smallest absolute Gasteiger partial charge is 0.381 e. The zero-order valence-electron chi connectivity index (χ0n) is 14.0. The Kier molecular flexibility index (Phi) is 5.02. The van der Waals surface area contributed by atoms with Crippen molar-refractivity contribution in [2.75, 3.05) is 5.32 Å². The summed E-state index contributed by atoms with van der Waals surface area (Å²) in [6.45, 7) is -0.240. The number of nitrogens with zero attached hydrogens (tertiary/aromatic N) is 3. The van der Waals surface area contributed by atoms with Gasteiger partial charge >= 0.3 is 6.18 Å². The molecule has 28 heavy (non-hydrogen) atoms. The maximum absolute atomic E-state index is 13.2. The number of hydrogen-bond acceptors (Lipinski definition) is 4. The first-order valence-electron chi connectivity index (χ1n) is 7.89. The number of benzene rings is 2. The minimum absolute atomic E-state index is 0.215. The average molecular weight is 392 g/mol. The number of aliphatic hydroxyl groups is 1. The van der Waals surface area contributed by atoms with Crippen molar-refractivity contribution in [2.24, 2.45) is 0 Å². The van der Waals surface area contributed by atoms with Crippen LogP contribution >= 0.6 is 0 Å². The van der Waals surface area contributed by atoms with Crippen LogP contribution in [0.2, 0.25) is 0 Å². The molecule has 10 heteroatoms. The topological polar surface area (TPSA) is 90.9 Å². The third-order valence-corrected chi connectivity index (χ3v) is 3.97. The summed E-state index contributed by atoms with van der Waals surface area (Å²) in [5, 5.41) is 21.0. The molecule has 0 unspecified atom stereocenters. The number of imidazole rings is 1. The van der Waals surface area contributed by atoms with E-state index in [1.807, 2.05) is 0 Å². The molecule has 0 radical (unpaired) electrons. The van der Waals surface area contributed by atoms with Gasteiger partial charge in [-0.1, -0.05) is 0 Å². The predicted octanol–water partition coefficient (Wildman–Crippen LogP) is 3.07. The summed E-state index contributed by atoms with van der Waals surface area (Å²) >= 11 is 0. The van der Waals surface area contributed by atoms with Crippen molar-refractivity contribution in [1.29, 1.82) is 5.26 Å². The van der Waals surface area contributed by atoms with Crippen molar-refractivity contribution in [3.63, 3.8) is 0 Å². The number of nitrogens with one attached hydrogen (secondary N) is 1. The van der Waals surface area contributed by atoms with Gasteiger partial charge in [-0.05, 0) is 30.3 Å². The van der Waals surface area contributed by atoms with Gasteiger partial charge in [-0.3, -0.25) is 4.79 Å². The molecule has 0 aliphatic carbocycles. The van der Waals surface area contributed by atoms with Crippen LogP contribution in [-0.2, 0) is 17.5 Å². The SMILES string of the molecule is N#Cc1ccc(NC(=O)[C@@H](O)Cn2cnc3cc(F)ccc32)cc1C(F)(F)F. The predicted molar refractivity (Wildman–Crippen MR) is 90.5 cm³/mol. The molecule has 0 fully saturated rings. The third kappa shape index (κ3) is 3.94. The monoisotopic (exact) mass is 392 g/mol. The van der Waals surface area contributed by atoms with E-state index in [9.17, 15) is 27.5 Å². The van der Waals surface area contributed by atoms with Crippen molar-refractivity contribution in [3.8, 4) is 6.07 Å². The maximum Gasteiger partial charge on any atom is 0.417 e. The number of carbonyl (C=O) groups excluding carboxylic acids is 1. The van der Waals surface area contributed by atoms with Gasteiger partial charge < -0.3 is 15.0 Å². The number of aliphatic hydroxyl groups excluding tert-OH is 1. The van der Waals surface area contributed by atoms with Gasteiger partial charge in [0.05, 0.1) is 41.1 Å². The Morgan fingerprint density at radius 1 is 1.29 bits per heavy atom. The highest BCUT2D eigenvalue weighted by Crippen LogP contribution is 2.33. The lowest BCUT2D eigenvalue weighted by molar-refractivity contribution is -0.137. The molecule has 0 saturated carbocycles. The summed E-state index contributed by atoms with van der Waals surface area (Å²) in [4.78, 5) is 16.1. The second-order valence-corrected chi connectivity index (χ2v) is 5.90. The van der Waals surface area contributed by atoms with Crippen LogP contribution in [0.25, 0.3) is 11.0 Å². The summed E-state index contributed by atoms with van der Waals surface area (Å²) in [6, 6.07) is 7.94. The van der Waals surface area contributed by atoms with Crippen LogP contribution in [0.3, 0.4) is 0 Å². The van der Waals surface area contributed by atoms with Crippen molar-refractivity contribution in [1.82, 2.24) is 9.55 Å². The molecule has 1 heterocycles. The molecule has 1 aromatic heterocycles. The van der Waals surface area contributed by atoms with Gasteiger partial charge in [0.25, 0.3) is 5.91 Å². The number of amides is 1. The first kappa shape index (κ1) is 19.3. The number of halogens is 4. The van der Waals surface area contributed by atoms with E-state index < -0.39 is 35.1 Å². The normalized spacial score (nSPS) is 12.6. The van der Waals surface area contributed by atoms with Gasteiger partial charge in [0, 0.05) is 11.8 Å². The summed E-state index contributed by atoms with van der Waals surface area (Å²) in [5.41, 5.74) is -1.18. The van der Waals surface area contributed by atoms with Gasteiger partial charge in [-0.15, -0.1) is 0 Å². The molecular weight excluding hydrogens is 380 g/mol. The van der Waals surface area contributed by atoms with E-state index in [-0.39, 0.29) is 12.2 Å². The van der Waals surface area contributed by atoms with Crippen molar-refractivity contribution in [2.45, 2.75) is 18.8 Å². The number of nitriles is 1. The third-order valence-electron chi connectivity index (χ3n) is 3.97. The van der Waals surface area contributed by atoms with Crippen molar-refractivity contribution in [3.05, 3.63) is 59.7 Å². The molecule has 0 saturated heterocycles. The van der Waals surface area contributed by atoms with Gasteiger partial charge in [0.15, 0.2) is 6.10 Å². The molecule has 0 bridgehead atoms. The van der Waals surface area contributed by atoms with Crippen molar-refractivity contribution < 1.29 is 27.5 Å². The molecule has 0 aliphatic heterocycles. The van der Waals surface area contributed by atoms with E-state index in [0.717, 1.165) is 12.1 Å². The number of anilines is 1. The number of aromatic nitrogens is 2. The van der Waals surface area contributed by atoms with Crippen molar-refractivity contribution >= 4 is 22.6 Å². The molecule has 6 nitrogen and oxygen atoms in total. The molecule has 0 spiro atoms. The fourth-order valence-corrected chi connectivity index (χ4v) is 2.63. The lowest BCUT2D eigenvalue weighted by Gasteiger charge is -2.14. The molecule has 3 rings (SSSR count). The highest BCUT2D eigenvalue weighted by Gasteiger charge is 2.34. The maximum atomic E-state index is 13.2. The van der Waals surface area contributed by atoms with Crippen LogP contribution in [0.15, 0.2) is 42.7 Å². The first-order valence-corrected chi connectivity index (χ1v) is 7.89. The number of fused-ring (bicyclic) bond motifs is 1. The number of rotatable bonds is 4. The van der Waals surface area contributed by atoms with Crippen LogP contribution in [0.5, 0.6) is 0 Å². The fraction of sp³-hybridized carbons (Fsp3) is 0.167. The number of hydrogen-bond donors (Lipinski definition) is 2. The fourth-order valence-electron chi connectivity index (χ4n) is 2.63. The van der Waals surface area contributed by atoms with E-state index in [4.69, 9.17) is 5.26 Å². The highest BCUT2D eigenvalue weighted by atomic mass is 19.4. The number of alkyl halides is 3. The molecule has 0 aliphatic rings. The Morgan fingerprint density at radius 2 is 2.04 bits per heavy atom. The first-order chi connectivity index (χ1) is 13.2. The highest BCUT2D eigenvalue weighted by molar-refractivity contribution is 5.94. The number of carbonyl (C=O) groups is 1. The van der Waals surface area contributed by atoms with Gasteiger partial charge in [0.1, 0.15) is 5.82 Å². The lowest BCUT2D eigenvalue weighted by Crippen LogP contribution is -2.31. The van der Waals surface area contributed by atoms with E-state index in [0.29, 0.717) is 17.1 Å². The van der Waals surface area contributed by atoms with Gasteiger partial charge in [-0.25, -0.2) is 9.37 Å². The zero-order chi connectivity index (χ0) is 20.5. The Morgan fingerprint density at radius 3 is 2.71 bits per heavy atom. The van der Waals surface area contributed by atoms with Crippen LogP contribution in [0, 0.1) is 17.1 Å². The molecule has 2 N–H and O–H groups in total. The van der Waals surface area contributed by atoms with Gasteiger partial charge in [-0.2, -0.15) is 18.4 Å². The van der Waals surface area contributed by atoms with Crippen LogP contribution in [0.1, 0.15) is 11.1 Å². The van der Waals surface area contributed by atoms with Gasteiger partial charge in [0.2, 0.25) is 0 Å². The van der Waals surface area contributed by atoms with E-state index in [1.165, 1.54) is 35.2 Å². The van der Waals surface area contributed by atoms with Crippen LogP contribution in [-0.4, -0.2) is 26.7 Å². The van der Waals surface area contributed by atoms with Crippen LogP contribution < -0.4 is 5.32 Å². The molecule has 2 aromatic carbocycles. The van der Waals surface area contributed by atoms with Crippen LogP contribution in [0.4, 0.5) is 23.2 Å². The minimum atomic E-state index is -4.77. The second-order valence-electron chi connectivity index (χ2n) is 5.90. The van der Waals surface area contributed by atoms with E-state index >= 15 is 0 Å². The second kappa shape index (κ2) is 7.28. The molecule has 144 valence electrons. The molecule has 1 atom stereocenters.